The number of nitrogens with zero attached hydrogens (tertiary/aromatic N) is 5. The van der Waals surface area contributed by atoms with Crippen LogP contribution in [-0.2, 0) is 4.79 Å². The van der Waals surface area contributed by atoms with Crippen LogP contribution in [0, 0.1) is 6.92 Å². The maximum absolute atomic E-state index is 12.6. The van der Waals surface area contributed by atoms with Crippen LogP contribution in [0.25, 0.3) is 0 Å². The van der Waals surface area contributed by atoms with E-state index in [2.05, 4.69) is 26.8 Å². The van der Waals surface area contributed by atoms with Gasteiger partial charge in [-0.15, -0.1) is 0 Å². The number of rotatable bonds is 3. The first-order valence-corrected chi connectivity index (χ1v) is 7.95. The molecule has 24 heavy (non-hydrogen) atoms. The molecule has 0 spiro atoms. The van der Waals surface area contributed by atoms with Gasteiger partial charge in [0.2, 0.25) is 5.95 Å². The topological polar surface area (TPSA) is 89.9 Å². The third-order valence-electron chi connectivity index (χ3n) is 4.45. The number of aromatic nitrogens is 2. The van der Waals surface area contributed by atoms with Crippen LogP contribution in [-0.4, -0.2) is 82.6 Å². The number of carbonyl (C=O) groups is 2. The molecule has 0 saturated carbocycles. The fourth-order valence-corrected chi connectivity index (χ4v) is 2.92. The standard InChI is InChI=1S/C16H21N5O3/c1-11-12(14(22)21-5-3-4-13(21)15(23)24)10-17-16(18-11)20-8-6-19(2)7-9-20/h3-4,10,13H,5-9H2,1-2H3,(H,23,24)/t13-/m1/s1. The van der Waals surface area contributed by atoms with Crippen molar-refractivity contribution < 1.29 is 14.7 Å². The van der Waals surface area contributed by atoms with Gasteiger partial charge in [-0.05, 0) is 14.0 Å². The molecule has 128 valence electrons. The largest absolute Gasteiger partial charge is 0.479 e. The van der Waals surface area contributed by atoms with E-state index in [9.17, 15) is 14.7 Å². The van der Waals surface area contributed by atoms with E-state index in [4.69, 9.17) is 0 Å². The predicted octanol–water partition coefficient (Wildman–Crippen LogP) is 0.00202. The molecule has 1 aromatic heterocycles. The van der Waals surface area contributed by atoms with E-state index in [-0.39, 0.29) is 12.5 Å². The Labute approximate surface area is 140 Å². The summed E-state index contributed by atoms with van der Waals surface area (Å²) in [5.41, 5.74) is 0.919. The molecular weight excluding hydrogens is 310 g/mol. The molecule has 8 heteroatoms. The van der Waals surface area contributed by atoms with E-state index in [0.29, 0.717) is 17.2 Å². The third-order valence-corrected chi connectivity index (χ3v) is 4.45. The zero-order chi connectivity index (χ0) is 17.3. The molecule has 8 nitrogen and oxygen atoms in total. The van der Waals surface area contributed by atoms with E-state index in [1.807, 2.05) is 0 Å². The summed E-state index contributed by atoms with van der Waals surface area (Å²) in [7, 11) is 2.08. The second-order valence-electron chi connectivity index (χ2n) is 6.13. The first-order valence-electron chi connectivity index (χ1n) is 7.95. The molecule has 0 radical (unpaired) electrons. The SMILES string of the molecule is Cc1nc(N2CCN(C)CC2)ncc1C(=O)N1CC=C[C@@H]1C(=O)O. The minimum atomic E-state index is -1.04. The van der Waals surface area contributed by atoms with Crippen LogP contribution in [0.1, 0.15) is 16.1 Å². The lowest BCUT2D eigenvalue weighted by Gasteiger charge is -2.32. The van der Waals surface area contributed by atoms with Gasteiger partial charge in [0.15, 0.2) is 0 Å². The highest BCUT2D eigenvalue weighted by molar-refractivity contribution is 5.98. The van der Waals surface area contributed by atoms with Gasteiger partial charge in [-0.3, -0.25) is 4.79 Å². The van der Waals surface area contributed by atoms with Crippen LogP contribution < -0.4 is 4.90 Å². The number of carboxylic acid groups (broad SMARTS) is 1. The van der Waals surface area contributed by atoms with Crippen molar-refractivity contribution in [1.29, 1.82) is 0 Å². The zero-order valence-electron chi connectivity index (χ0n) is 13.8. The number of piperazine rings is 1. The van der Waals surface area contributed by atoms with Gasteiger partial charge in [0.1, 0.15) is 6.04 Å². The van der Waals surface area contributed by atoms with Gasteiger partial charge in [-0.1, -0.05) is 12.2 Å². The number of aryl methyl sites for hydroxylation is 1. The van der Waals surface area contributed by atoms with E-state index in [1.54, 1.807) is 13.0 Å². The van der Waals surface area contributed by atoms with Crippen molar-refractivity contribution in [1.82, 2.24) is 19.8 Å². The number of aliphatic carboxylic acids is 1. The van der Waals surface area contributed by atoms with Crippen molar-refractivity contribution in [3.63, 3.8) is 0 Å². The van der Waals surface area contributed by atoms with Crippen molar-refractivity contribution in [2.75, 3.05) is 44.7 Å². The lowest BCUT2D eigenvalue weighted by Crippen LogP contribution is -2.45. The molecule has 2 aliphatic rings. The molecule has 3 heterocycles. The molecule has 1 aromatic rings. The maximum Gasteiger partial charge on any atom is 0.330 e. The molecule has 1 saturated heterocycles. The fourth-order valence-electron chi connectivity index (χ4n) is 2.92. The van der Waals surface area contributed by atoms with Gasteiger partial charge in [-0.2, -0.15) is 0 Å². The highest BCUT2D eigenvalue weighted by Gasteiger charge is 2.32. The van der Waals surface area contributed by atoms with Crippen molar-refractivity contribution >= 4 is 17.8 Å². The number of hydrogen-bond acceptors (Lipinski definition) is 6. The molecular formula is C16H21N5O3. The Bertz CT molecular complexity index is 682. The second-order valence-corrected chi connectivity index (χ2v) is 6.13. The van der Waals surface area contributed by atoms with Crippen LogP contribution in [0.2, 0.25) is 0 Å². The van der Waals surface area contributed by atoms with Crippen molar-refractivity contribution in [3.8, 4) is 0 Å². The van der Waals surface area contributed by atoms with Crippen LogP contribution in [0.3, 0.4) is 0 Å². The summed E-state index contributed by atoms with van der Waals surface area (Å²) in [5.74, 6) is -0.772. The van der Waals surface area contributed by atoms with Crippen molar-refractivity contribution in [2.45, 2.75) is 13.0 Å². The normalized spacial score (nSPS) is 21.3. The lowest BCUT2D eigenvalue weighted by molar-refractivity contribution is -0.140. The molecule has 1 fully saturated rings. The maximum atomic E-state index is 12.6. The van der Waals surface area contributed by atoms with E-state index < -0.39 is 12.0 Å². The molecule has 0 aliphatic carbocycles. The monoisotopic (exact) mass is 331 g/mol. The molecule has 3 rings (SSSR count). The molecule has 0 bridgehead atoms. The average Bonchev–Trinajstić information content (AvgIpc) is 3.05. The number of amides is 1. The van der Waals surface area contributed by atoms with Crippen molar-refractivity contribution in [3.05, 3.63) is 29.6 Å². The number of carboxylic acids is 1. The Morgan fingerprint density at radius 2 is 1.96 bits per heavy atom. The summed E-state index contributed by atoms with van der Waals surface area (Å²) in [6, 6.07) is -0.922. The van der Waals surface area contributed by atoms with E-state index in [0.717, 1.165) is 26.2 Å². The Kier molecular flexibility index (Phi) is 4.48. The van der Waals surface area contributed by atoms with Crippen LogP contribution in [0.15, 0.2) is 18.3 Å². The Balaban J connectivity index is 1.77. The number of hydrogen-bond donors (Lipinski definition) is 1. The Morgan fingerprint density at radius 1 is 1.25 bits per heavy atom. The predicted molar refractivity (Wildman–Crippen MR) is 88.1 cm³/mol. The molecule has 1 atom stereocenters. The summed E-state index contributed by atoms with van der Waals surface area (Å²) in [6.07, 6.45) is 4.72. The lowest BCUT2D eigenvalue weighted by atomic mass is 10.2. The van der Waals surface area contributed by atoms with E-state index >= 15 is 0 Å². The summed E-state index contributed by atoms with van der Waals surface area (Å²) >= 11 is 0. The van der Waals surface area contributed by atoms with Gasteiger partial charge >= 0.3 is 5.97 Å². The Morgan fingerprint density at radius 3 is 2.58 bits per heavy atom. The number of likely N-dealkylation sites (N-methyl/N-ethyl adjacent to an activating group) is 1. The minimum Gasteiger partial charge on any atom is -0.479 e. The molecule has 1 N–H and O–H groups in total. The van der Waals surface area contributed by atoms with Gasteiger partial charge in [-0.25, -0.2) is 14.8 Å². The highest BCUT2D eigenvalue weighted by Crippen LogP contribution is 2.18. The van der Waals surface area contributed by atoms with Gasteiger partial charge in [0, 0.05) is 38.9 Å². The van der Waals surface area contributed by atoms with Crippen LogP contribution >= 0.6 is 0 Å². The highest BCUT2D eigenvalue weighted by atomic mass is 16.4. The first kappa shape index (κ1) is 16.4. The van der Waals surface area contributed by atoms with Crippen molar-refractivity contribution in [2.24, 2.45) is 0 Å². The van der Waals surface area contributed by atoms with Gasteiger partial charge in [0.25, 0.3) is 5.91 Å². The smallest absolute Gasteiger partial charge is 0.330 e. The average molecular weight is 331 g/mol. The van der Waals surface area contributed by atoms with E-state index in [1.165, 1.54) is 17.2 Å². The first-order chi connectivity index (χ1) is 11.5. The summed E-state index contributed by atoms with van der Waals surface area (Å²) in [5, 5.41) is 9.20. The summed E-state index contributed by atoms with van der Waals surface area (Å²) in [4.78, 5) is 38.3. The van der Waals surface area contributed by atoms with Crippen LogP contribution in [0.5, 0.6) is 0 Å². The molecule has 2 aliphatic heterocycles. The summed E-state index contributed by atoms with van der Waals surface area (Å²) < 4.78 is 0. The fraction of sp³-hybridized carbons (Fsp3) is 0.500. The Hall–Kier alpha value is -2.48. The zero-order valence-corrected chi connectivity index (χ0v) is 13.8. The minimum absolute atomic E-state index is 0.287. The summed E-state index contributed by atoms with van der Waals surface area (Å²) in [6.45, 7) is 5.63. The second kappa shape index (κ2) is 6.56. The van der Waals surface area contributed by atoms with Gasteiger partial charge in [0.05, 0.1) is 11.3 Å². The van der Waals surface area contributed by atoms with Gasteiger partial charge < -0.3 is 19.8 Å². The van der Waals surface area contributed by atoms with Crippen LogP contribution in [0.4, 0.5) is 5.95 Å². The number of carbonyl (C=O) groups excluding carboxylic acids is 1. The molecule has 0 unspecified atom stereocenters. The third kappa shape index (κ3) is 3.09. The molecule has 1 amide bonds. The quantitative estimate of drug-likeness (QED) is 0.780. The number of anilines is 1. The molecule has 0 aromatic carbocycles.